The average molecular weight is 239 g/mol. The predicted molar refractivity (Wildman–Crippen MR) is 62.6 cm³/mol. The molecular formula is C9H13N5OS. The molecule has 1 amide bonds. The average Bonchev–Trinajstić information content (AvgIpc) is 2.95. The van der Waals surface area contributed by atoms with E-state index in [0.717, 1.165) is 12.8 Å². The summed E-state index contributed by atoms with van der Waals surface area (Å²) in [5.74, 6) is -0.264. The van der Waals surface area contributed by atoms with Crippen molar-refractivity contribution < 1.29 is 4.79 Å². The van der Waals surface area contributed by atoms with Crippen LogP contribution in [0.15, 0.2) is 12.3 Å². The highest BCUT2D eigenvalue weighted by Gasteiger charge is 2.21. The van der Waals surface area contributed by atoms with E-state index in [4.69, 9.17) is 12.2 Å². The molecule has 16 heavy (non-hydrogen) atoms. The monoisotopic (exact) mass is 239 g/mol. The molecule has 0 aromatic carbocycles. The molecule has 0 radical (unpaired) electrons. The first-order valence-corrected chi connectivity index (χ1v) is 5.42. The fourth-order valence-electron chi connectivity index (χ4n) is 1.22. The van der Waals surface area contributed by atoms with E-state index in [1.165, 1.54) is 4.68 Å². The summed E-state index contributed by atoms with van der Waals surface area (Å²) in [6.07, 6.45) is 3.84. The Labute approximate surface area is 98.4 Å². The lowest BCUT2D eigenvalue weighted by Gasteiger charge is -2.10. The SMILES string of the molecule is Cn1nccc1C(=O)NNC(=S)NC1CC1. The second-order valence-electron chi connectivity index (χ2n) is 3.67. The zero-order valence-corrected chi connectivity index (χ0v) is 9.67. The molecule has 1 heterocycles. The normalized spacial score (nSPS) is 14.3. The van der Waals surface area contributed by atoms with Crippen molar-refractivity contribution >= 4 is 23.2 Å². The summed E-state index contributed by atoms with van der Waals surface area (Å²) in [6, 6.07) is 2.10. The Hall–Kier alpha value is -1.63. The lowest BCUT2D eigenvalue weighted by molar-refractivity contribution is 0.0934. The van der Waals surface area contributed by atoms with E-state index < -0.39 is 0 Å². The highest BCUT2D eigenvalue weighted by atomic mass is 32.1. The van der Waals surface area contributed by atoms with Crippen molar-refractivity contribution in [1.29, 1.82) is 0 Å². The number of hydrazine groups is 1. The van der Waals surface area contributed by atoms with Gasteiger partial charge in [-0.05, 0) is 31.1 Å². The van der Waals surface area contributed by atoms with Crippen LogP contribution in [0.25, 0.3) is 0 Å². The summed E-state index contributed by atoms with van der Waals surface area (Å²) in [5.41, 5.74) is 5.63. The summed E-state index contributed by atoms with van der Waals surface area (Å²) < 4.78 is 1.49. The molecule has 1 saturated carbocycles. The van der Waals surface area contributed by atoms with Crippen molar-refractivity contribution in [2.45, 2.75) is 18.9 Å². The van der Waals surface area contributed by atoms with Crippen LogP contribution < -0.4 is 16.2 Å². The molecule has 1 aliphatic rings. The molecule has 1 fully saturated rings. The van der Waals surface area contributed by atoms with E-state index in [1.807, 2.05) is 0 Å². The van der Waals surface area contributed by atoms with Crippen molar-refractivity contribution in [1.82, 2.24) is 25.9 Å². The van der Waals surface area contributed by atoms with Crippen molar-refractivity contribution in [2.75, 3.05) is 0 Å². The van der Waals surface area contributed by atoms with Gasteiger partial charge in [0.15, 0.2) is 5.11 Å². The molecule has 7 heteroatoms. The smallest absolute Gasteiger partial charge is 0.287 e. The molecule has 0 saturated heterocycles. The second-order valence-corrected chi connectivity index (χ2v) is 4.08. The van der Waals surface area contributed by atoms with Crippen molar-refractivity contribution in [2.24, 2.45) is 7.05 Å². The number of thiocarbonyl (C=S) groups is 1. The fraction of sp³-hybridized carbons (Fsp3) is 0.444. The van der Waals surface area contributed by atoms with E-state index in [-0.39, 0.29) is 5.91 Å². The third-order valence-corrected chi connectivity index (χ3v) is 2.48. The molecule has 0 bridgehead atoms. The van der Waals surface area contributed by atoms with Gasteiger partial charge in [-0.15, -0.1) is 0 Å². The Balaban J connectivity index is 1.79. The number of nitrogens with one attached hydrogen (secondary N) is 3. The third-order valence-electron chi connectivity index (χ3n) is 2.26. The van der Waals surface area contributed by atoms with Gasteiger partial charge < -0.3 is 5.32 Å². The summed E-state index contributed by atoms with van der Waals surface area (Å²) in [6.45, 7) is 0. The zero-order chi connectivity index (χ0) is 11.5. The number of carbonyl (C=O) groups excluding carboxylic acids is 1. The van der Waals surface area contributed by atoms with Crippen LogP contribution in [0.1, 0.15) is 23.3 Å². The van der Waals surface area contributed by atoms with Gasteiger partial charge in [-0.1, -0.05) is 0 Å². The van der Waals surface area contributed by atoms with E-state index in [1.54, 1.807) is 19.3 Å². The van der Waals surface area contributed by atoms with E-state index in [0.29, 0.717) is 16.8 Å². The van der Waals surface area contributed by atoms with Crippen LogP contribution in [0.4, 0.5) is 0 Å². The molecular weight excluding hydrogens is 226 g/mol. The summed E-state index contributed by atoms with van der Waals surface area (Å²) in [4.78, 5) is 11.6. The number of aromatic nitrogens is 2. The van der Waals surface area contributed by atoms with Crippen LogP contribution in [-0.4, -0.2) is 26.8 Å². The van der Waals surface area contributed by atoms with Gasteiger partial charge in [-0.3, -0.25) is 20.3 Å². The minimum Gasteiger partial charge on any atom is -0.359 e. The molecule has 0 spiro atoms. The van der Waals surface area contributed by atoms with Gasteiger partial charge in [-0.25, -0.2) is 0 Å². The molecule has 6 nitrogen and oxygen atoms in total. The summed E-state index contributed by atoms with van der Waals surface area (Å²) in [7, 11) is 1.70. The Morgan fingerprint density at radius 1 is 1.56 bits per heavy atom. The van der Waals surface area contributed by atoms with Crippen molar-refractivity contribution in [3.63, 3.8) is 0 Å². The first kappa shape index (κ1) is 10.9. The molecule has 1 aromatic heterocycles. The van der Waals surface area contributed by atoms with E-state index in [2.05, 4.69) is 21.3 Å². The maximum atomic E-state index is 11.6. The first-order chi connectivity index (χ1) is 7.66. The Kier molecular flexibility index (Phi) is 3.04. The van der Waals surface area contributed by atoms with Gasteiger partial charge >= 0.3 is 0 Å². The number of hydrogen-bond donors (Lipinski definition) is 3. The number of carbonyl (C=O) groups is 1. The molecule has 1 aromatic rings. The van der Waals surface area contributed by atoms with Crippen LogP contribution in [-0.2, 0) is 7.05 Å². The van der Waals surface area contributed by atoms with Gasteiger partial charge in [0.05, 0.1) is 0 Å². The van der Waals surface area contributed by atoms with Crippen molar-refractivity contribution in [3.8, 4) is 0 Å². The van der Waals surface area contributed by atoms with Gasteiger partial charge in [0, 0.05) is 19.3 Å². The quantitative estimate of drug-likeness (QED) is 0.488. The number of rotatable bonds is 2. The number of aryl methyl sites for hydroxylation is 1. The highest BCUT2D eigenvalue weighted by Crippen LogP contribution is 2.18. The van der Waals surface area contributed by atoms with Gasteiger partial charge in [0.1, 0.15) is 5.69 Å². The summed E-state index contributed by atoms with van der Waals surface area (Å²) in [5, 5.41) is 7.40. The zero-order valence-electron chi connectivity index (χ0n) is 8.86. The summed E-state index contributed by atoms with van der Waals surface area (Å²) >= 11 is 4.99. The molecule has 1 aliphatic carbocycles. The Bertz CT molecular complexity index is 412. The lowest BCUT2D eigenvalue weighted by Crippen LogP contribution is -2.47. The topological polar surface area (TPSA) is 71.0 Å². The Morgan fingerprint density at radius 3 is 2.88 bits per heavy atom. The van der Waals surface area contributed by atoms with Gasteiger partial charge in [0.2, 0.25) is 0 Å². The first-order valence-electron chi connectivity index (χ1n) is 5.01. The van der Waals surface area contributed by atoms with Crippen LogP contribution in [0.5, 0.6) is 0 Å². The predicted octanol–water partition coefficient (Wildman–Crippen LogP) is -0.309. The fourth-order valence-corrected chi connectivity index (χ4v) is 1.44. The molecule has 86 valence electrons. The van der Waals surface area contributed by atoms with Crippen LogP contribution in [0.3, 0.4) is 0 Å². The van der Waals surface area contributed by atoms with E-state index >= 15 is 0 Å². The maximum Gasteiger partial charge on any atom is 0.287 e. The maximum absolute atomic E-state index is 11.6. The highest BCUT2D eigenvalue weighted by molar-refractivity contribution is 7.80. The largest absolute Gasteiger partial charge is 0.359 e. The number of nitrogens with zero attached hydrogens (tertiary/aromatic N) is 2. The van der Waals surface area contributed by atoms with Crippen LogP contribution in [0.2, 0.25) is 0 Å². The van der Waals surface area contributed by atoms with E-state index in [9.17, 15) is 4.79 Å². The molecule has 2 rings (SSSR count). The lowest BCUT2D eigenvalue weighted by atomic mass is 10.4. The van der Waals surface area contributed by atoms with Gasteiger partial charge in [-0.2, -0.15) is 5.10 Å². The Morgan fingerprint density at radius 2 is 2.31 bits per heavy atom. The third kappa shape index (κ3) is 2.69. The minimum absolute atomic E-state index is 0.264. The van der Waals surface area contributed by atoms with Crippen LogP contribution in [0, 0.1) is 0 Å². The minimum atomic E-state index is -0.264. The molecule has 3 N–H and O–H groups in total. The van der Waals surface area contributed by atoms with Crippen LogP contribution >= 0.6 is 12.2 Å². The standard InChI is InChI=1S/C9H13N5OS/c1-14-7(4-5-10-14)8(15)12-13-9(16)11-6-2-3-6/h4-6H,2-3H2,1H3,(H,12,15)(H2,11,13,16). The number of hydrogen-bond acceptors (Lipinski definition) is 3. The number of amides is 1. The molecule has 0 aliphatic heterocycles. The van der Waals surface area contributed by atoms with Crippen molar-refractivity contribution in [3.05, 3.63) is 18.0 Å². The molecule has 0 atom stereocenters. The van der Waals surface area contributed by atoms with Gasteiger partial charge in [0.25, 0.3) is 5.91 Å². The molecule has 0 unspecified atom stereocenters. The second kappa shape index (κ2) is 4.48.